The molecule has 0 saturated carbocycles. The summed E-state index contributed by atoms with van der Waals surface area (Å²) in [5.74, 6) is 0.0343. The van der Waals surface area contributed by atoms with Gasteiger partial charge in [-0.1, -0.05) is 18.2 Å². The van der Waals surface area contributed by atoms with Crippen LogP contribution >= 0.6 is 0 Å². The van der Waals surface area contributed by atoms with Crippen LogP contribution in [0.1, 0.15) is 12.0 Å². The topological polar surface area (TPSA) is 64.3 Å². The maximum Gasteiger partial charge on any atom is 0.227 e. The molecule has 1 saturated heterocycles. The summed E-state index contributed by atoms with van der Waals surface area (Å²) in [5, 5.41) is 17.8. The maximum atomic E-state index is 11.8. The van der Waals surface area contributed by atoms with E-state index in [-0.39, 0.29) is 18.4 Å². The van der Waals surface area contributed by atoms with E-state index in [4.69, 9.17) is 10.4 Å². The zero-order chi connectivity index (χ0) is 12.3. The predicted molar refractivity (Wildman–Crippen MR) is 63.3 cm³/mol. The van der Waals surface area contributed by atoms with Crippen molar-refractivity contribution in [3.63, 3.8) is 0 Å². The summed E-state index contributed by atoms with van der Waals surface area (Å²) in [6.45, 7) is 0.570. The van der Waals surface area contributed by atoms with Gasteiger partial charge in [0, 0.05) is 31.2 Å². The van der Waals surface area contributed by atoms with E-state index in [1.165, 1.54) is 0 Å². The highest BCUT2D eigenvalue weighted by molar-refractivity contribution is 5.96. The van der Waals surface area contributed by atoms with Gasteiger partial charge in [0.2, 0.25) is 5.91 Å². The molecule has 0 aliphatic carbocycles. The van der Waals surface area contributed by atoms with Gasteiger partial charge in [0.25, 0.3) is 0 Å². The highest BCUT2D eigenvalue weighted by Gasteiger charge is 2.30. The van der Waals surface area contributed by atoms with Gasteiger partial charge in [-0.2, -0.15) is 5.26 Å². The van der Waals surface area contributed by atoms with Crippen LogP contribution in [0.3, 0.4) is 0 Å². The zero-order valence-electron chi connectivity index (χ0n) is 9.47. The van der Waals surface area contributed by atoms with Crippen LogP contribution in [0.2, 0.25) is 0 Å². The minimum atomic E-state index is 0.0117. The van der Waals surface area contributed by atoms with E-state index in [1.54, 1.807) is 4.90 Å². The lowest BCUT2D eigenvalue weighted by molar-refractivity contribution is -0.117. The Morgan fingerprint density at radius 3 is 2.88 bits per heavy atom. The van der Waals surface area contributed by atoms with Crippen molar-refractivity contribution in [2.24, 2.45) is 5.92 Å². The van der Waals surface area contributed by atoms with Crippen LogP contribution < -0.4 is 4.90 Å². The smallest absolute Gasteiger partial charge is 0.227 e. The minimum absolute atomic E-state index is 0.0117. The van der Waals surface area contributed by atoms with Crippen molar-refractivity contribution < 1.29 is 9.90 Å². The molecule has 88 valence electrons. The second-order valence-corrected chi connectivity index (χ2v) is 4.22. The first kappa shape index (κ1) is 11.6. The van der Waals surface area contributed by atoms with Gasteiger partial charge < -0.3 is 10.0 Å². The third-order valence-electron chi connectivity index (χ3n) is 3.02. The molecule has 4 nitrogen and oxygen atoms in total. The fraction of sp³-hybridized carbons (Fsp3) is 0.385. The zero-order valence-corrected chi connectivity index (χ0v) is 9.47. The molecule has 1 N–H and O–H groups in total. The average Bonchev–Trinajstić information content (AvgIpc) is 2.72. The maximum absolute atomic E-state index is 11.8. The monoisotopic (exact) mass is 230 g/mol. The Labute approximate surface area is 100 Å². The molecule has 17 heavy (non-hydrogen) atoms. The number of carbonyl (C=O) groups excluding carboxylic acids is 1. The van der Waals surface area contributed by atoms with Crippen molar-refractivity contribution in [3.05, 3.63) is 29.8 Å². The number of anilines is 1. The lowest BCUT2D eigenvalue weighted by atomic mass is 10.1. The average molecular weight is 230 g/mol. The number of hydrogen-bond donors (Lipinski definition) is 1. The first-order valence-electron chi connectivity index (χ1n) is 5.62. The van der Waals surface area contributed by atoms with E-state index >= 15 is 0 Å². The number of amides is 1. The van der Waals surface area contributed by atoms with Crippen LogP contribution in [0, 0.1) is 17.2 Å². The van der Waals surface area contributed by atoms with E-state index in [0.29, 0.717) is 19.4 Å². The molecule has 0 spiro atoms. The fourth-order valence-corrected chi connectivity index (χ4v) is 2.15. The van der Waals surface area contributed by atoms with Crippen molar-refractivity contribution in [2.45, 2.75) is 12.8 Å². The Kier molecular flexibility index (Phi) is 3.40. The number of carbonyl (C=O) groups is 1. The van der Waals surface area contributed by atoms with E-state index in [0.717, 1.165) is 11.3 Å². The van der Waals surface area contributed by atoms with Gasteiger partial charge in [-0.3, -0.25) is 4.79 Å². The number of benzene rings is 1. The van der Waals surface area contributed by atoms with Crippen LogP contribution in [0.25, 0.3) is 0 Å². The van der Waals surface area contributed by atoms with Crippen molar-refractivity contribution in [1.82, 2.24) is 0 Å². The van der Waals surface area contributed by atoms with E-state index in [9.17, 15) is 4.79 Å². The van der Waals surface area contributed by atoms with Crippen molar-refractivity contribution >= 4 is 11.6 Å². The molecule has 1 unspecified atom stereocenters. The Morgan fingerprint density at radius 2 is 2.24 bits per heavy atom. The highest BCUT2D eigenvalue weighted by atomic mass is 16.3. The van der Waals surface area contributed by atoms with Crippen LogP contribution in [0.4, 0.5) is 5.69 Å². The number of para-hydroxylation sites is 1. The molecule has 1 atom stereocenters. The van der Waals surface area contributed by atoms with Crippen LogP contribution in [-0.4, -0.2) is 24.2 Å². The predicted octanol–water partition coefficient (Wildman–Crippen LogP) is 1.10. The molecular weight excluding hydrogens is 216 g/mol. The molecule has 0 aromatic heterocycles. The number of nitriles is 1. The molecule has 1 aromatic rings. The molecule has 1 heterocycles. The molecule has 1 aromatic carbocycles. The normalized spacial score (nSPS) is 19.4. The number of rotatable bonds is 3. The fourth-order valence-electron chi connectivity index (χ4n) is 2.15. The molecule has 2 rings (SSSR count). The van der Waals surface area contributed by atoms with Gasteiger partial charge in [-0.05, 0) is 11.6 Å². The standard InChI is InChI=1S/C13H14N2O2/c14-6-5-11-3-1-2-4-12(11)15-8-10(9-16)7-13(15)17/h1-4,10,16H,5,7-9H2. The molecule has 4 heteroatoms. The number of hydrogen-bond acceptors (Lipinski definition) is 3. The molecule has 0 bridgehead atoms. The molecule has 1 aliphatic rings. The van der Waals surface area contributed by atoms with Crippen LogP contribution in [-0.2, 0) is 11.2 Å². The largest absolute Gasteiger partial charge is 0.396 e. The third-order valence-corrected chi connectivity index (χ3v) is 3.02. The number of nitrogens with zero attached hydrogens (tertiary/aromatic N) is 2. The van der Waals surface area contributed by atoms with E-state index in [1.807, 2.05) is 24.3 Å². The first-order valence-corrected chi connectivity index (χ1v) is 5.62. The van der Waals surface area contributed by atoms with Crippen LogP contribution in [0.15, 0.2) is 24.3 Å². The molecule has 1 fully saturated rings. The summed E-state index contributed by atoms with van der Waals surface area (Å²) in [7, 11) is 0. The number of aliphatic hydroxyl groups excluding tert-OH is 1. The van der Waals surface area contributed by atoms with E-state index < -0.39 is 0 Å². The Bertz CT molecular complexity index is 465. The second-order valence-electron chi connectivity index (χ2n) is 4.22. The van der Waals surface area contributed by atoms with Gasteiger partial charge >= 0.3 is 0 Å². The SMILES string of the molecule is N#CCc1ccccc1N1CC(CO)CC1=O. The summed E-state index contributed by atoms with van der Waals surface area (Å²) in [6.07, 6.45) is 0.682. The highest BCUT2D eigenvalue weighted by Crippen LogP contribution is 2.28. The summed E-state index contributed by atoms with van der Waals surface area (Å²) in [5.41, 5.74) is 1.66. The summed E-state index contributed by atoms with van der Waals surface area (Å²) in [4.78, 5) is 13.5. The van der Waals surface area contributed by atoms with Crippen molar-refractivity contribution in [1.29, 1.82) is 5.26 Å². The molecule has 1 amide bonds. The Hall–Kier alpha value is -1.86. The first-order chi connectivity index (χ1) is 8.26. The molecule has 1 aliphatic heterocycles. The van der Waals surface area contributed by atoms with Gasteiger partial charge in [-0.15, -0.1) is 0 Å². The third kappa shape index (κ3) is 2.29. The quantitative estimate of drug-likeness (QED) is 0.845. The number of aliphatic hydroxyl groups is 1. The van der Waals surface area contributed by atoms with Gasteiger partial charge in [-0.25, -0.2) is 0 Å². The lowest BCUT2D eigenvalue weighted by Gasteiger charge is -2.19. The summed E-state index contributed by atoms with van der Waals surface area (Å²) in [6, 6.07) is 9.53. The van der Waals surface area contributed by atoms with Gasteiger partial charge in [0.05, 0.1) is 12.5 Å². The van der Waals surface area contributed by atoms with Crippen LogP contribution in [0.5, 0.6) is 0 Å². The van der Waals surface area contributed by atoms with Crippen molar-refractivity contribution in [2.75, 3.05) is 18.1 Å². The van der Waals surface area contributed by atoms with Gasteiger partial charge in [0.1, 0.15) is 0 Å². The Balaban J connectivity index is 2.28. The second kappa shape index (κ2) is 4.98. The van der Waals surface area contributed by atoms with E-state index in [2.05, 4.69) is 6.07 Å². The van der Waals surface area contributed by atoms with Crippen molar-refractivity contribution in [3.8, 4) is 6.07 Å². The molecule has 0 radical (unpaired) electrons. The van der Waals surface area contributed by atoms with Gasteiger partial charge in [0.15, 0.2) is 0 Å². The minimum Gasteiger partial charge on any atom is -0.396 e. The Morgan fingerprint density at radius 1 is 1.47 bits per heavy atom. The summed E-state index contributed by atoms with van der Waals surface area (Å²) >= 11 is 0. The molecular formula is C13H14N2O2. The lowest BCUT2D eigenvalue weighted by Crippen LogP contribution is -2.26. The summed E-state index contributed by atoms with van der Waals surface area (Å²) < 4.78 is 0.